The van der Waals surface area contributed by atoms with Gasteiger partial charge < -0.3 is 15.2 Å². The van der Waals surface area contributed by atoms with Crippen LogP contribution in [0.3, 0.4) is 0 Å². The first-order chi connectivity index (χ1) is 15.7. The maximum atomic E-state index is 13.0. The number of pyridine rings is 2. The molecule has 1 fully saturated rings. The molecule has 0 unspecified atom stereocenters. The highest BCUT2D eigenvalue weighted by Crippen LogP contribution is 2.24. The Morgan fingerprint density at radius 3 is 2.78 bits per heavy atom. The highest BCUT2D eigenvalue weighted by molar-refractivity contribution is 5.98. The van der Waals surface area contributed by atoms with E-state index in [2.05, 4.69) is 43.8 Å². The van der Waals surface area contributed by atoms with Crippen molar-refractivity contribution in [2.45, 2.75) is 25.3 Å². The number of benzene rings is 1. The van der Waals surface area contributed by atoms with Crippen LogP contribution in [0.15, 0.2) is 61.3 Å². The first kappa shape index (κ1) is 20.3. The molecule has 0 aliphatic carbocycles. The molecule has 32 heavy (non-hydrogen) atoms. The molecule has 7 nitrogen and oxygen atoms in total. The molecule has 7 heteroatoms. The Morgan fingerprint density at radius 2 is 1.97 bits per heavy atom. The van der Waals surface area contributed by atoms with Crippen LogP contribution in [0.1, 0.15) is 28.9 Å². The number of aryl methyl sites for hydroxylation is 1. The minimum absolute atomic E-state index is 0.0374. The van der Waals surface area contributed by atoms with Gasteiger partial charge in [-0.1, -0.05) is 12.1 Å². The molecule has 162 valence electrons. The van der Waals surface area contributed by atoms with Crippen LogP contribution in [0.25, 0.3) is 22.0 Å². The molecule has 0 spiro atoms. The van der Waals surface area contributed by atoms with E-state index in [4.69, 9.17) is 0 Å². The second kappa shape index (κ2) is 8.88. The molecule has 3 aromatic heterocycles. The maximum absolute atomic E-state index is 13.0. The first-order valence-corrected chi connectivity index (χ1v) is 11.0. The van der Waals surface area contributed by atoms with Crippen molar-refractivity contribution in [3.63, 3.8) is 0 Å². The number of fused-ring (bicyclic) bond motifs is 1. The van der Waals surface area contributed by atoms with Crippen LogP contribution in [0.5, 0.6) is 0 Å². The Bertz CT molecular complexity index is 1260. The van der Waals surface area contributed by atoms with Gasteiger partial charge in [-0.15, -0.1) is 0 Å². The molecule has 0 bridgehead atoms. The number of rotatable bonds is 6. The van der Waals surface area contributed by atoms with Gasteiger partial charge in [0.05, 0.1) is 24.6 Å². The van der Waals surface area contributed by atoms with Crippen LogP contribution < -0.4 is 10.6 Å². The summed E-state index contributed by atoms with van der Waals surface area (Å²) < 4.78 is 1.99. The van der Waals surface area contributed by atoms with Crippen LogP contribution in [-0.4, -0.2) is 44.4 Å². The molecule has 4 aromatic rings. The average Bonchev–Trinajstić information content (AvgIpc) is 3.25. The molecular weight excluding hydrogens is 400 g/mol. The van der Waals surface area contributed by atoms with Crippen molar-refractivity contribution >= 4 is 22.4 Å². The quantitative estimate of drug-likeness (QED) is 0.458. The fraction of sp³-hybridized carbons (Fsp3) is 0.280. The number of carbonyl (C=O) groups excluding carboxylic acids is 1. The zero-order chi connectivity index (χ0) is 21.9. The second-order valence-corrected chi connectivity index (χ2v) is 8.33. The van der Waals surface area contributed by atoms with Crippen molar-refractivity contribution in [1.29, 1.82) is 0 Å². The van der Waals surface area contributed by atoms with Crippen molar-refractivity contribution in [3.05, 3.63) is 72.6 Å². The molecule has 0 atom stereocenters. The third-order valence-electron chi connectivity index (χ3n) is 6.01. The Balaban J connectivity index is 1.34. The van der Waals surface area contributed by atoms with Gasteiger partial charge in [0.1, 0.15) is 5.82 Å². The van der Waals surface area contributed by atoms with E-state index in [0.717, 1.165) is 59.5 Å². The molecule has 1 aromatic carbocycles. The maximum Gasteiger partial charge on any atom is 0.169 e. The Morgan fingerprint density at radius 1 is 1.09 bits per heavy atom. The average molecular weight is 427 g/mol. The smallest absolute Gasteiger partial charge is 0.169 e. The zero-order valence-electron chi connectivity index (χ0n) is 18.1. The monoisotopic (exact) mass is 426 g/mol. The SMILES string of the molecule is Cn1cncc1-c1ccc2cnc(CC(=O)c3ccnc(NC4CCNCC4)c3)cc2c1. The van der Waals surface area contributed by atoms with Gasteiger partial charge >= 0.3 is 0 Å². The lowest BCUT2D eigenvalue weighted by molar-refractivity contribution is 0.0992. The van der Waals surface area contributed by atoms with Gasteiger partial charge in [0, 0.05) is 47.7 Å². The van der Waals surface area contributed by atoms with Gasteiger partial charge in [-0.3, -0.25) is 9.78 Å². The van der Waals surface area contributed by atoms with Crippen LogP contribution in [-0.2, 0) is 13.5 Å². The number of aromatic nitrogens is 4. The fourth-order valence-electron chi connectivity index (χ4n) is 4.20. The molecular formula is C25H26N6O. The Labute approximate surface area is 186 Å². The van der Waals surface area contributed by atoms with Gasteiger partial charge in [0.15, 0.2) is 5.78 Å². The molecule has 2 N–H and O–H groups in total. The number of Topliss-reactive ketones (excluding diaryl/α,β-unsaturated/α-hetero) is 1. The summed E-state index contributed by atoms with van der Waals surface area (Å²) in [6, 6.07) is 12.3. The third kappa shape index (κ3) is 4.38. The summed E-state index contributed by atoms with van der Waals surface area (Å²) >= 11 is 0. The molecule has 0 amide bonds. The summed E-state index contributed by atoms with van der Waals surface area (Å²) in [6.07, 6.45) is 9.54. The van der Waals surface area contributed by atoms with E-state index < -0.39 is 0 Å². The number of hydrogen-bond donors (Lipinski definition) is 2. The van der Waals surface area contributed by atoms with E-state index in [9.17, 15) is 4.79 Å². The van der Waals surface area contributed by atoms with Crippen molar-refractivity contribution in [2.75, 3.05) is 18.4 Å². The predicted octanol–water partition coefficient (Wildman–Crippen LogP) is 3.62. The number of imidazole rings is 1. The van der Waals surface area contributed by atoms with Crippen molar-refractivity contribution in [2.24, 2.45) is 7.05 Å². The van der Waals surface area contributed by atoms with Gasteiger partial charge in [-0.25, -0.2) is 9.97 Å². The number of nitrogens with zero attached hydrogens (tertiary/aromatic N) is 4. The van der Waals surface area contributed by atoms with Gasteiger partial charge in [0.25, 0.3) is 0 Å². The number of ketones is 1. The molecule has 0 radical (unpaired) electrons. The number of nitrogens with one attached hydrogen (secondary N) is 2. The summed E-state index contributed by atoms with van der Waals surface area (Å²) in [5.74, 6) is 0.797. The van der Waals surface area contributed by atoms with Crippen molar-refractivity contribution < 1.29 is 4.79 Å². The highest BCUT2D eigenvalue weighted by Gasteiger charge is 2.15. The van der Waals surface area contributed by atoms with E-state index in [1.54, 1.807) is 18.6 Å². The molecule has 0 saturated carbocycles. The molecule has 1 aliphatic heterocycles. The number of piperidine rings is 1. The standard InChI is InChI=1S/C25H26N6O/c1-31-16-27-15-23(31)17-2-3-19-14-29-22(11-20(19)10-17)13-24(32)18-4-9-28-25(12-18)30-21-5-7-26-8-6-21/h2-4,9-12,14-16,21,26H,5-8,13H2,1H3,(H,28,30). The minimum atomic E-state index is 0.0374. The second-order valence-electron chi connectivity index (χ2n) is 8.33. The number of carbonyl (C=O) groups is 1. The fourth-order valence-corrected chi connectivity index (χ4v) is 4.20. The minimum Gasteiger partial charge on any atom is -0.367 e. The van der Waals surface area contributed by atoms with Crippen LogP contribution >= 0.6 is 0 Å². The van der Waals surface area contributed by atoms with Gasteiger partial charge in [-0.2, -0.15) is 0 Å². The van der Waals surface area contributed by atoms with Crippen molar-refractivity contribution in [1.82, 2.24) is 24.8 Å². The lowest BCUT2D eigenvalue weighted by Gasteiger charge is -2.24. The molecule has 4 heterocycles. The van der Waals surface area contributed by atoms with Crippen molar-refractivity contribution in [3.8, 4) is 11.3 Å². The topological polar surface area (TPSA) is 84.7 Å². The summed E-state index contributed by atoms with van der Waals surface area (Å²) in [5, 5.41) is 8.93. The third-order valence-corrected chi connectivity index (χ3v) is 6.01. The van der Waals surface area contributed by atoms with E-state index >= 15 is 0 Å². The number of hydrogen-bond acceptors (Lipinski definition) is 6. The molecule has 1 aliphatic rings. The Hall–Kier alpha value is -3.58. The van der Waals surface area contributed by atoms with E-state index in [-0.39, 0.29) is 12.2 Å². The molecule has 1 saturated heterocycles. The largest absolute Gasteiger partial charge is 0.367 e. The summed E-state index contributed by atoms with van der Waals surface area (Å²) in [5.41, 5.74) is 3.55. The summed E-state index contributed by atoms with van der Waals surface area (Å²) in [4.78, 5) is 26.1. The van der Waals surface area contributed by atoms with Crippen LogP contribution in [0.2, 0.25) is 0 Å². The van der Waals surface area contributed by atoms with Crippen LogP contribution in [0, 0.1) is 0 Å². The first-order valence-electron chi connectivity index (χ1n) is 11.0. The van der Waals surface area contributed by atoms with Gasteiger partial charge in [0.2, 0.25) is 0 Å². The summed E-state index contributed by atoms with van der Waals surface area (Å²) in [6.45, 7) is 2.01. The summed E-state index contributed by atoms with van der Waals surface area (Å²) in [7, 11) is 1.98. The van der Waals surface area contributed by atoms with E-state index in [1.807, 2.05) is 36.1 Å². The van der Waals surface area contributed by atoms with E-state index in [1.165, 1.54) is 0 Å². The van der Waals surface area contributed by atoms with Crippen LogP contribution in [0.4, 0.5) is 5.82 Å². The lowest BCUT2D eigenvalue weighted by Crippen LogP contribution is -2.35. The van der Waals surface area contributed by atoms with Gasteiger partial charge in [-0.05, 0) is 55.6 Å². The predicted molar refractivity (Wildman–Crippen MR) is 126 cm³/mol. The Kier molecular flexibility index (Phi) is 5.64. The number of anilines is 1. The lowest BCUT2D eigenvalue weighted by atomic mass is 10.0. The van der Waals surface area contributed by atoms with E-state index in [0.29, 0.717) is 11.6 Å². The zero-order valence-corrected chi connectivity index (χ0v) is 18.1. The highest BCUT2D eigenvalue weighted by atomic mass is 16.1. The molecule has 5 rings (SSSR count). The normalized spacial score (nSPS) is 14.5.